The number of benzene rings is 1. The van der Waals surface area contributed by atoms with Gasteiger partial charge in [-0.2, -0.15) is 0 Å². The molecule has 0 spiro atoms. The maximum Gasteiger partial charge on any atom is 0.0579 e. The van der Waals surface area contributed by atoms with Crippen molar-refractivity contribution < 1.29 is 0 Å². The minimum atomic E-state index is 1.09. The SMILES string of the molecule is C=Cc1ccc(NC)c(NC)c1. The molecule has 2 N–H and O–H groups in total. The fourth-order valence-corrected chi connectivity index (χ4v) is 1.11. The average molecular weight is 162 g/mol. The Morgan fingerprint density at radius 1 is 1.17 bits per heavy atom. The summed E-state index contributed by atoms with van der Waals surface area (Å²) in [6.07, 6.45) is 1.83. The van der Waals surface area contributed by atoms with Crippen molar-refractivity contribution >= 4 is 17.5 Å². The first-order chi connectivity index (χ1) is 5.81. The lowest BCUT2D eigenvalue weighted by Crippen LogP contribution is -1.96. The molecule has 0 saturated carbocycles. The summed E-state index contributed by atoms with van der Waals surface area (Å²) in [5.74, 6) is 0. The molecule has 2 nitrogen and oxygen atoms in total. The normalized spacial score (nSPS) is 9.17. The fourth-order valence-electron chi connectivity index (χ4n) is 1.11. The zero-order valence-corrected chi connectivity index (χ0v) is 7.52. The molecule has 0 bridgehead atoms. The highest BCUT2D eigenvalue weighted by Crippen LogP contribution is 2.22. The number of hydrogen-bond acceptors (Lipinski definition) is 2. The Morgan fingerprint density at radius 2 is 1.83 bits per heavy atom. The Hall–Kier alpha value is -1.44. The van der Waals surface area contributed by atoms with Crippen LogP contribution in [0.3, 0.4) is 0 Å². The van der Waals surface area contributed by atoms with Gasteiger partial charge in [0.1, 0.15) is 0 Å². The van der Waals surface area contributed by atoms with Crippen LogP contribution in [0.5, 0.6) is 0 Å². The van der Waals surface area contributed by atoms with Gasteiger partial charge in [0.15, 0.2) is 0 Å². The second-order valence-corrected chi connectivity index (χ2v) is 2.51. The van der Waals surface area contributed by atoms with Crippen molar-refractivity contribution in [1.29, 1.82) is 0 Å². The third kappa shape index (κ3) is 1.59. The van der Waals surface area contributed by atoms with E-state index in [4.69, 9.17) is 0 Å². The van der Waals surface area contributed by atoms with Gasteiger partial charge < -0.3 is 10.6 Å². The molecule has 12 heavy (non-hydrogen) atoms. The predicted octanol–water partition coefficient (Wildman–Crippen LogP) is 2.41. The van der Waals surface area contributed by atoms with Crippen molar-refractivity contribution in [1.82, 2.24) is 0 Å². The summed E-state index contributed by atoms with van der Waals surface area (Å²) >= 11 is 0. The van der Waals surface area contributed by atoms with Crippen LogP contribution in [-0.4, -0.2) is 14.1 Å². The standard InChI is InChI=1S/C10H14N2/c1-4-8-5-6-9(11-2)10(7-8)12-3/h4-7,11-12H,1H2,2-3H3. The highest BCUT2D eigenvalue weighted by atomic mass is 14.9. The van der Waals surface area contributed by atoms with E-state index in [1.807, 2.05) is 32.3 Å². The smallest absolute Gasteiger partial charge is 0.0579 e. The molecule has 1 aromatic carbocycles. The van der Waals surface area contributed by atoms with Crippen LogP contribution in [0.1, 0.15) is 5.56 Å². The summed E-state index contributed by atoms with van der Waals surface area (Å²) in [4.78, 5) is 0. The van der Waals surface area contributed by atoms with Crippen molar-refractivity contribution in [3.05, 3.63) is 30.3 Å². The molecule has 0 radical (unpaired) electrons. The summed E-state index contributed by atoms with van der Waals surface area (Å²) in [7, 11) is 3.81. The van der Waals surface area contributed by atoms with E-state index in [1.165, 1.54) is 0 Å². The van der Waals surface area contributed by atoms with Crippen LogP contribution < -0.4 is 10.6 Å². The van der Waals surface area contributed by atoms with Crippen LogP contribution in [0.25, 0.3) is 6.08 Å². The van der Waals surface area contributed by atoms with E-state index in [1.54, 1.807) is 0 Å². The van der Waals surface area contributed by atoms with Crippen molar-refractivity contribution in [2.24, 2.45) is 0 Å². The third-order valence-electron chi connectivity index (χ3n) is 1.82. The highest BCUT2D eigenvalue weighted by Gasteiger charge is 1.97. The van der Waals surface area contributed by atoms with Crippen molar-refractivity contribution in [3.63, 3.8) is 0 Å². The molecular weight excluding hydrogens is 148 g/mol. The third-order valence-corrected chi connectivity index (χ3v) is 1.82. The largest absolute Gasteiger partial charge is 0.386 e. The van der Waals surface area contributed by atoms with E-state index in [-0.39, 0.29) is 0 Å². The van der Waals surface area contributed by atoms with Crippen LogP contribution in [-0.2, 0) is 0 Å². The van der Waals surface area contributed by atoms with Gasteiger partial charge in [0.2, 0.25) is 0 Å². The zero-order valence-electron chi connectivity index (χ0n) is 7.52. The first kappa shape index (κ1) is 8.65. The number of nitrogens with one attached hydrogen (secondary N) is 2. The zero-order chi connectivity index (χ0) is 8.97. The van der Waals surface area contributed by atoms with Crippen LogP contribution in [0.4, 0.5) is 11.4 Å². The minimum Gasteiger partial charge on any atom is -0.386 e. The lowest BCUT2D eigenvalue weighted by atomic mass is 10.1. The van der Waals surface area contributed by atoms with Gasteiger partial charge in [0.25, 0.3) is 0 Å². The van der Waals surface area contributed by atoms with Crippen LogP contribution in [0, 0.1) is 0 Å². The van der Waals surface area contributed by atoms with E-state index in [0.717, 1.165) is 16.9 Å². The van der Waals surface area contributed by atoms with E-state index < -0.39 is 0 Å². The van der Waals surface area contributed by atoms with Gasteiger partial charge in [-0.3, -0.25) is 0 Å². The van der Waals surface area contributed by atoms with E-state index in [9.17, 15) is 0 Å². The Kier molecular flexibility index (Phi) is 2.75. The maximum atomic E-state index is 3.71. The first-order valence-corrected chi connectivity index (χ1v) is 3.93. The quantitative estimate of drug-likeness (QED) is 0.713. The van der Waals surface area contributed by atoms with E-state index >= 15 is 0 Å². The molecule has 0 atom stereocenters. The van der Waals surface area contributed by atoms with Crippen molar-refractivity contribution in [3.8, 4) is 0 Å². The summed E-state index contributed by atoms with van der Waals surface area (Å²) in [5.41, 5.74) is 3.32. The minimum absolute atomic E-state index is 1.09. The van der Waals surface area contributed by atoms with Crippen LogP contribution >= 0.6 is 0 Å². The van der Waals surface area contributed by atoms with Gasteiger partial charge in [-0.05, 0) is 17.7 Å². The Morgan fingerprint density at radius 3 is 2.33 bits per heavy atom. The molecule has 1 aromatic rings. The molecule has 0 fully saturated rings. The highest BCUT2D eigenvalue weighted by molar-refractivity contribution is 5.72. The fraction of sp³-hybridized carbons (Fsp3) is 0.200. The molecule has 0 aromatic heterocycles. The molecule has 0 heterocycles. The Labute approximate surface area is 73.3 Å². The Bertz CT molecular complexity index is 279. The molecule has 0 amide bonds. The lowest BCUT2D eigenvalue weighted by Gasteiger charge is -2.08. The molecule has 64 valence electrons. The lowest BCUT2D eigenvalue weighted by molar-refractivity contribution is 1.44. The summed E-state index contributed by atoms with van der Waals surface area (Å²) in [6.45, 7) is 3.71. The van der Waals surface area contributed by atoms with Gasteiger partial charge in [0, 0.05) is 14.1 Å². The molecule has 0 unspecified atom stereocenters. The molecule has 2 heteroatoms. The van der Waals surface area contributed by atoms with Gasteiger partial charge in [-0.1, -0.05) is 18.7 Å². The van der Waals surface area contributed by atoms with Gasteiger partial charge >= 0.3 is 0 Å². The summed E-state index contributed by atoms with van der Waals surface area (Å²) < 4.78 is 0. The number of rotatable bonds is 3. The topological polar surface area (TPSA) is 24.1 Å². The number of anilines is 2. The van der Waals surface area contributed by atoms with Crippen molar-refractivity contribution in [2.45, 2.75) is 0 Å². The van der Waals surface area contributed by atoms with E-state index in [0.29, 0.717) is 0 Å². The van der Waals surface area contributed by atoms with Crippen molar-refractivity contribution in [2.75, 3.05) is 24.7 Å². The monoisotopic (exact) mass is 162 g/mol. The maximum absolute atomic E-state index is 3.71. The molecule has 0 aliphatic rings. The van der Waals surface area contributed by atoms with Gasteiger partial charge in [-0.15, -0.1) is 0 Å². The van der Waals surface area contributed by atoms with E-state index in [2.05, 4.69) is 23.3 Å². The Balaban J connectivity index is 3.10. The van der Waals surface area contributed by atoms with Gasteiger partial charge in [-0.25, -0.2) is 0 Å². The molecule has 0 saturated heterocycles. The van der Waals surface area contributed by atoms with Gasteiger partial charge in [0.05, 0.1) is 11.4 Å². The first-order valence-electron chi connectivity index (χ1n) is 3.93. The summed E-state index contributed by atoms with van der Waals surface area (Å²) in [6, 6.07) is 6.11. The number of hydrogen-bond donors (Lipinski definition) is 2. The second-order valence-electron chi connectivity index (χ2n) is 2.51. The molecular formula is C10H14N2. The molecule has 0 aliphatic carbocycles. The average Bonchev–Trinajstić information content (AvgIpc) is 2.16. The second kappa shape index (κ2) is 3.81. The predicted molar refractivity (Wildman–Crippen MR) is 55.6 cm³/mol. The van der Waals surface area contributed by atoms with Crippen LogP contribution in [0.15, 0.2) is 24.8 Å². The summed E-state index contributed by atoms with van der Waals surface area (Å²) in [5, 5.41) is 6.21. The molecule has 1 rings (SSSR count). The molecule has 0 aliphatic heterocycles. The van der Waals surface area contributed by atoms with Crippen LogP contribution in [0.2, 0.25) is 0 Å².